The minimum Gasteiger partial charge on any atom is -0.312 e. The van der Waals surface area contributed by atoms with Crippen molar-refractivity contribution >= 4 is 37.3 Å². The Bertz CT molecular complexity index is 551. The van der Waals surface area contributed by atoms with E-state index in [0.717, 1.165) is 28.7 Å². The Labute approximate surface area is 126 Å². The Balaban J connectivity index is 1.85. The second-order valence-electron chi connectivity index (χ2n) is 5.31. The summed E-state index contributed by atoms with van der Waals surface area (Å²) < 4.78 is 28.3. The topological polar surface area (TPSA) is 49.4 Å². The zero-order valence-electron chi connectivity index (χ0n) is 10.7. The number of thiophene rings is 1. The number of nitrogens with zero attached hydrogens (tertiary/aromatic N) is 1. The van der Waals surface area contributed by atoms with Crippen LogP contribution in [-0.4, -0.2) is 38.4 Å². The fourth-order valence-electron chi connectivity index (χ4n) is 2.89. The number of aryl methyl sites for hydroxylation is 1. The molecule has 4 nitrogen and oxygen atoms in total. The van der Waals surface area contributed by atoms with Gasteiger partial charge in [0.05, 0.1) is 3.79 Å². The maximum absolute atomic E-state index is 12.6. The van der Waals surface area contributed by atoms with Gasteiger partial charge in [-0.25, -0.2) is 8.42 Å². The van der Waals surface area contributed by atoms with Crippen LogP contribution in [0, 0.1) is 12.8 Å². The molecule has 0 aliphatic carbocycles. The lowest BCUT2D eigenvalue weighted by Gasteiger charge is -2.24. The van der Waals surface area contributed by atoms with Crippen LogP contribution in [0.25, 0.3) is 0 Å². The molecule has 3 heterocycles. The molecule has 1 aromatic rings. The molecule has 106 valence electrons. The number of sulfonamides is 1. The smallest absolute Gasteiger partial charge is 0.252 e. The average molecular weight is 365 g/mol. The first-order valence-corrected chi connectivity index (χ1v) is 9.53. The van der Waals surface area contributed by atoms with Crippen molar-refractivity contribution in [1.82, 2.24) is 9.62 Å². The van der Waals surface area contributed by atoms with Gasteiger partial charge in [-0.15, -0.1) is 11.3 Å². The van der Waals surface area contributed by atoms with E-state index in [9.17, 15) is 8.42 Å². The first-order valence-electron chi connectivity index (χ1n) is 6.48. The Morgan fingerprint density at radius 2 is 2.26 bits per heavy atom. The predicted molar refractivity (Wildman–Crippen MR) is 80.0 cm³/mol. The van der Waals surface area contributed by atoms with E-state index in [0.29, 0.717) is 29.3 Å². The maximum Gasteiger partial charge on any atom is 0.252 e. The summed E-state index contributed by atoms with van der Waals surface area (Å²) >= 11 is 4.71. The molecular weight excluding hydrogens is 348 g/mol. The minimum absolute atomic E-state index is 0.341. The summed E-state index contributed by atoms with van der Waals surface area (Å²) in [5.74, 6) is 0.480. The third-order valence-electron chi connectivity index (χ3n) is 3.99. The van der Waals surface area contributed by atoms with Crippen molar-refractivity contribution in [2.75, 3.05) is 19.6 Å². The number of piperidine rings is 1. The van der Waals surface area contributed by atoms with E-state index < -0.39 is 10.0 Å². The molecule has 7 heteroatoms. The van der Waals surface area contributed by atoms with Crippen molar-refractivity contribution < 1.29 is 8.42 Å². The Kier molecular flexibility index (Phi) is 3.77. The highest BCUT2D eigenvalue weighted by Gasteiger charge is 2.40. The molecule has 2 aliphatic heterocycles. The summed E-state index contributed by atoms with van der Waals surface area (Å²) in [6.07, 6.45) is 2.29. The summed E-state index contributed by atoms with van der Waals surface area (Å²) in [6.45, 7) is 4.21. The van der Waals surface area contributed by atoms with E-state index in [4.69, 9.17) is 0 Å². The summed E-state index contributed by atoms with van der Waals surface area (Å²) in [6, 6.07) is 2.10. The van der Waals surface area contributed by atoms with Crippen LogP contribution in [0.1, 0.15) is 18.4 Å². The molecule has 2 saturated heterocycles. The van der Waals surface area contributed by atoms with Gasteiger partial charge in [0, 0.05) is 19.1 Å². The van der Waals surface area contributed by atoms with E-state index >= 15 is 0 Å². The fourth-order valence-corrected chi connectivity index (χ4v) is 6.79. The third kappa shape index (κ3) is 2.51. The molecule has 0 aromatic carbocycles. The van der Waals surface area contributed by atoms with Crippen LogP contribution in [-0.2, 0) is 10.0 Å². The zero-order valence-corrected chi connectivity index (χ0v) is 13.9. The van der Waals surface area contributed by atoms with Crippen molar-refractivity contribution in [2.24, 2.45) is 5.92 Å². The third-order valence-corrected chi connectivity index (χ3v) is 8.41. The van der Waals surface area contributed by atoms with Gasteiger partial charge in [-0.3, -0.25) is 0 Å². The van der Waals surface area contributed by atoms with Crippen LogP contribution in [0.4, 0.5) is 0 Å². The first-order chi connectivity index (χ1) is 8.98. The highest BCUT2D eigenvalue weighted by Crippen LogP contribution is 2.35. The standard InChI is InChI=1S/C12H17BrN2O2S2/c1-8-5-11(18-12(8)13)19(16,17)15-6-9-3-2-4-14-10(9)7-15/h5,9-10,14H,2-4,6-7H2,1H3. The van der Waals surface area contributed by atoms with Crippen LogP contribution in [0.3, 0.4) is 0 Å². The quantitative estimate of drug-likeness (QED) is 0.874. The molecule has 0 radical (unpaired) electrons. The molecule has 0 amide bonds. The van der Waals surface area contributed by atoms with E-state index in [-0.39, 0.29) is 0 Å². The summed E-state index contributed by atoms with van der Waals surface area (Å²) in [5, 5.41) is 3.44. The molecule has 2 unspecified atom stereocenters. The molecule has 2 atom stereocenters. The minimum atomic E-state index is -3.32. The molecule has 19 heavy (non-hydrogen) atoms. The number of hydrogen-bond acceptors (Lipinski definition) is 4. The van der Waals surface area contributed by atoms with Gasteiger partial charge < -0.3 is 5.32 Å². The van der Waals surface area contributed by atoms with Crippen molar-refractivity contribution in [3.63, 3.8) is 0 Å². The lowest BCUT2D eigenvalue weighted by Crippen LogP contribution is -2.41. The SMILES string of the molecule is Cc1cc(S(=O)(=O)N2CC3CCCNC3C2)sc1Br. The van der Waals surface area contributed by atoms with Crippen LogP contribution < -0.4 is 5.32 Å². The molecule has 1 N–H and O–H groups in total. The molecule has 3 rings (SSSR count). The lowest BCUT2D eigenvalue weighted by molar-refractivity contribution is 0.339. The monoisotopic (exact) mass is 364 g/mol. The van der Waals surface area contributed by atoms with Crippen LogP contribution in [0.2, 0.25) is 0 Å². The first kappa shape index (κ1) is 14.0. The van der Waals surface area contributed by atoms with Gasteiger partial charge in [-0.05, 0) is 59.8 Å². The van der Waals surface area contributed by atoms with Gasteiger partial charge in [0.25, 0.3) is 10.0 Å². The number of halogens is 1. The fraction of sp³-hybridized carbons (Fsp3) is 0.667. The van der Waals surface area contributed by atoms with Gasteiger partial charge in [0.15, 0.2) is 0 Å². The van der Waals surface area contributed by atoms with Gasteiger partial charge in [-0.1, -0.05) is 0 Å². The van der Waals surface area contributed by atoms with Crippen molar-refractivity contribution in [2.45, 2.75) is 30.0 Å². The van der Waals surface area contributed by atoms with Crippen molar-refractivity contribution in [3.8, 4) is 0 Å². The molecule has 2 aliphatic rings. The van der Waals surface area contributed by atoms with Gasteiger partial charge in [0.2, 0.25) is 0 Å². The normalized spacial score (nSPS) is 28.5. The number of fused-ring (bicyclic) bond motifs is 1. The molecule has 0 bridgehead atoms. The molecule has 0 spiro atoms. The zero-order chi connectivity index (χ0) is 13.6. The summed E-state index contributed by atoms with van der Waals surface area (Å²) in [5.41, 5.74) is 0.985. The Morgan fingerprint density at radius 3 is 2.89 bits per heavy atom. The molecule has 1 aromatic heterocycles. The second-order valence-corrected chi connectivity index (χ2v) is 9.84. The van der Waals surface area contributed by atoms with Gasteiger partial charge in [-0.2, -0.15) is 4.31 Å². The molecular formula is C12H17BrN2O2S2. The van der Waals surface area contributed by atoms with Crippen LogP contribution >= 0.6 is 27.3 Å². The van der Waals surface area contributed by atoms with E-state index in [1.807, 2.05) is 6.92 Å². The van der Waals surface area contributed by atoms with E-state index in [1.165, 1.54) is 11.3 Å². The van der Waals surface area contributed by atoms with Crippen LogP contribution in [0.5, 0.6) is 0 Å². The largest absolute Gasteiger partial charge is 0.312 e. The van der Waals surface area contributed by atoms with E-state index in [2.05, 4.69) is 21.2 Å². The summed E-state index contributed by atoms with van der Waals surface area (Å²) in [7, 11) is -3.32. The molecule has 0 saturated carbocycles. The summed E-state index contributed by atoms with van der Waals surface area (Å²) in [4.78, 5) is 0. The molecule has 2 fully saturated rings. The maximum atomic E-state index is 12.6. The van der Waals surface area contributed by atoms with Crippen molar-refractivity contribution in [1.29, 1.82) is 0 Å². The highest BCUT2D eigenvalue weighted by atomic mass is 79.9. The van der Waals surface area contributed by atoms with Gasteiger partial charge >= 0.3 is 0 Å². The van der Waals surface area contributed by atoms with Crippen molar-refractivity contribution in [3.05, 3.63) is 15.4 Å². The Hall–Kier alpha value is 0.0500. The predicted octanol–water partition coefficient (Wildman–Crippen LogP) is 2.19. The number of nitrogens with one attached hydrogen (secondary N) is 1. The number of rotatable bonds is 2. The van der Waals surface area contributed by atoms with E-state index in [1.54, 1.807) is 10.4 Å². The Morgan fingerprint density at radius 1 is 1.47 bits per heavy atom. The lowest BCUT2D eigenvalue weighted by atomic mass is 9.94. The number of hydrogen-bond donors (Lipinski definition) is 1. The van der Waals surface area contributed by atoms with Gasteiger partial charge in [0.1, 0.15) is 4.21 Å². The highest BCUT2D eigenvalue weighted by molar-refractivity contribution is 9.11. The average Bonchev–Trinajstić information content (AvgIpc) is 2.94. The van der Waals surface area contributed by atoms with Crippen LogP contribution in [0.15, 0.2) is 14.1 Å². The second kappa shape index (κ2) is 5.11.